The number of carbonyl (C=O) groups is 1. The molecule has 7 heteroatoms. The maximum atomic E-state index is 12.0. The Balaban J connectivity index is 1.59. The number of nitrogens with zero attached hydrogens (tertiary/aromatic N) is 3. The summed E-state index contributed by atoms with van der Waals surface area (Å²) in [5.41, 5.74) is 2.80. The first-order valence-corrected chi connectivity index (χ1v) is 7.78. The van der Waals surface area contributed by atoms with E-state index < -0.39 is 0 Å². The average molecular weight is 321 g/mol. The van der Waals surface area contributed by atoms with Gasteiger partial charge in [0.15, 0.2) is 0 Å². The van der Waals surface area contributed by atoms with Gasteiger partial charge in [0.2, 0.25) is 5.91 Å². The van der Waals surface area contributed by atoms with Gasteiger partial charge in [0, 0.05) is 18.5 Å². The molecular weight excluding hydrogens is 306 g/mol. The fourth-order valence-electron chi connectivity index (χ4n) is 2.75. The number of aromatic nitrogens is 3. The molecule has 2 aromatic heterocycles. The summed E-state index contributed by atoms with van der Waals surface area (Å²) in [5, 5.41) is 12.7. The summed E-state index contributed by atoms with van der Waals surface area (Å²) < 4.78 is 5.28. The molecule has 7 nitrogen and oxygen atoms in total. The Morgan fingerprint density at radius 1 is 1.50 bits per heavy atom. The number of nitrogens with one attached hydrogen (secondary N) is 2. The van der Waals surface area contributed by atoms with Gasteiger partial charge in [0.05, 0.1) is 46.9 Å². The smallest absolute Gasteiger partial charge is 0.227 e. The SMILES string of the molecule is N#Cc1ccc2ncc3[nH]c(CC(=O)NCC4CCO4)nc3c2c1. The van der Waals surface area contributed by atoms with Crippen molar-refractivity contribution in [3.05, 3.63) is 35.8 Å². The molecule has 1 unspecified atom stereocenters. The second-order valence-electron chi connectivity index (χ2n) is 5.81. The third-order valence-corrected chi connectivity index (χ3v) is 4.14. The monoisotopic (exact) mass is 321 g/mol. The molecule has 1 saturated heterocycles. The summed E-state index contributed by atoms with van der Waals surface area (Å²) in [6, 6.07) is 7.41. The maximum absolute atomic E-state index is 12.0. The third-order valence-electron chi connectivity index (χ3n) is 4.14. The summed E-state index contributed by atoms with van der Waals surface area (Å²) in [6.07, 6.45) is 2.99. The zero-order valence-corrected chi connectivity index (χ0v) is 12.9. The largest absolute Gasteiger partial charge is 0.376 e. The molecule has 120 valence electrons. The molecule has 4 rings (SSSR count). The summed E-state index contributed by atoms with van der Waals surface area (Å²) in [5.74, 6) is 0.480. The van der Waals surface area contributed by atoms with Crippen molar-refractivity contribution < 1.29 is 9.53 Å². The zero-order chi connectivity index (χ0) is 16.5. The molecule has 0 bridgehead atoms. The number of H-pyrrole nitrogens is 1. The van der Waals surface area contributed by atoms with Gasteiger partial charge in [-0.3, -0.25) is 9.78 Å². The number of ether oxygens (including phenoxy) is 1. The Morgan fingerprint density at radius 3 is 3.12 bits per heavy atom. The topological polar surface area (TPSA) is 104 Å². The number of amides is 1. The highest BCUT2D eigenvalue weighted by Crippen LogP contribution is 2.23. The zero-order valence-electron chi connectivity index (χ0n) is 12.9. The van der Waals surface area contributed by atoms with Crippen LogP contribution in [0.2, 0.25) is 0 Å². The van der Waals surface area contributed by atoms with Crippen LogP contribution in [-0.4, -0.2) is 40.1 Å². The first kappa shape index (κ1) is 14.6. The van der Waals surface area contributed by atoms with Crippen molar-refractivity contribution in [2.75, 3.05) is 13.2 Å². The second-order valence-corrected chi connectivity index (χ2v) is 5.81. The van der Waals surface area contributed by atoms with Gasteiger partial charge < -0.3 is 15.0 Å². The van der Waals surface area contributed by atoms with E-state index in [0.29, 0.717) is 17.9 Å². The number of hydrogen-bond donors (Lipinski definition) is 2. The fraction of sp³-hybridized carbons (Fsp3) is 0.294. The highest BCUT2D eigenvalue weighted by molar-refractivity contribution is 6.02. The number of nitriles is 1. The molecule has 1 aliphatic rings. The number of aromatic amines is 1. The number of hydrogen-bond acceptors (Lipinski definition) is 5. The van der Waals surface area contributed by atoms with Crippen LogP contribution in [-0.2, 0) is 16.0 Å². The lowest BCUT2D eigenvalue weighted by Crippen LogP contribution is -2.40. The predicted molar refractivity (Wildman–Crippen MR) is 87.2 cm³/mol. The predicted octanol–water partition coefficient (Wildman–Crippen LogP) is 1.43. The molecule has 0 saturated carbocycles. The maximum Gasteiger partial charge on any atom is 0.227 e. The van der Waals surface area contributed by atoms with Crippen LogP contribution in [0.5, 0.6) is 0 Å². The van der Waals surface area contributed by atoms with Gasteiger partial charge in [-0.15, -0.1) is 0 Å². The van der Waals surface area contributed by atoms with Gasteiger partial charge in [0.1, 0.15) is 5.82 Å². The summed E-state index contributed by atoms with van der Waals surface area (Å²) in [7, 11) is 0. The molecule has 0 spiro atoms. The van der Waals surface area contributed by atoms with E-state index in [4.69, 9.17) is 10.00 Å². The number of imidazole rings is 1. The molecule has 1 aromatic carbocycles. The molecule has 1 atom stereocenters. The third kappa shape index (κ3) is 2.68. The average Bonchev–Trinajstić information content (AvgIpc) is 2.95. The lowest BCUT2D eigenvalue weighted by molar-refractivity contribution is -0.122. The van der Waals surface area contributed by atoms with Crippen molar-refractivity contribution >= 4 is 27.8 Å². The van der Waals surface area contributed by atoms with Gasteiger partial charge in [-0.25, -0.2) is 4.98 Å². The lowest BCUT2D eigenvalue weighted by Gasteiger charge is -2.26. The summed E-state index contributed by atoms with van der Waals surface area (Å²) in [6.45, 7) is 1.31. The Kier molecular flexibility index (Phi) is 3.59. The van der Waals surface area contributed by atoms with E-state index in [1.54, 1.807) is 24.4 Å². The quantitative estimate of drug-likeness (QED) is 0.756. The van der Waals surface area contributed by atoms with Gasteiger partial charge >= 0.3 is 0 Å². The molecule has 1 aliphatic heterocycles. The Bertz CT molecular complexity index is 968. The number of carbonyl (C=O) groups excluding carboxylic acids is 1. The van der Waals surface area contributed by atoms with Crippen LogP contribution in [0.25, 0.3) is 21.9 Å². The van der Waals surface area contributed by atoms with Crippen molar-refractivity contribution in [1.29, 1.82) is 5.26 Å². The molecule has 24 heavy (non-hydrogen) atoms. The Labute approximate surface area is 137 Å². The van der Waals surface area contributed by atoms with Gasteiger partial charge in [0.25, 0.3) is 0 Å². The highest BCUT2D eigenvalue weighted by atomic mass is 16.5. The van der Waals surface area contributed by atoms with E-state index in [0.717, 1.165) is 35.0 Å². The fourth-order valence-corrected chi connectivity index (χ4v) is 2.75. The minimum Gasteiger partial charge on any atom is -0.376 e. The highest BCUT2D eigenvalue weighted by Gasteiger charge is 2.19. The van der Waals surface area contributed by atoms with Gasteiger partial charge in [-0.05, 0) is 24.6 Å². The molecule has 1 fully saturated rings. The van der Waals surface area contributed by atoms with Crippen LogP contribution in [0.15, 0.2) is 24.4 Å². The summed E-state index contributed by atoms with van der Waals surface area (Å²) >= 11 is 0. The van der Waals surface area contributed by atoms with Crippen LogP contribution >= 0.6 is 0 Å². The van der Waals surface area contributed by atoms with E-state index >= 15 is 0 Å². The number of fused-ring (bicyclic) bond motifs is 3. The van der Waals surface area contributed by atoms with Crippen LogP contribution in [0, 0.1) is 11.3 Å². The van der Waals surface area contributed by atoms with Gasteiger partial charge in [-0.2, -0.15) is 5.26 Å². The first-order chi connectivity index (χ1) is 11.7. The minimum atomic E-state index is -0.0977. The van der Waals surface area contributed by atoms with Crippen LogP contribution < -0.4 is 5.32 Å². The number of pyridine rings is 1. The number of benzene rings is 1. The normalized spacial score (nSPS) is 16.7. The first-order valence-electron chi connectivity index (χ1n) is 7.78. The Morgan fingerprint density at radius 2 is 2.38 bits per heavy atom. The molecule has 3 heterocycles. The van der Waals surface area contributed by atoms with Crippen molar-refractivity contribution in [3.8, 4) is 6.07 Å². The van der Waals surface area contributed by atoms with Crippen molar-refractivity contribution in [2.45, 2.75) is 18.9 Å². The van der Waals surface area contributed by atoms with Crippen LogP contribution in [0.1, 0.15) is 17.8 Å². The molecule has 3 aromatic rings. The second kappa shape index (κ2) is 5.91. The van der Waals surface area contributed by atoms with E-state index in [1.165, 1.54) is 0 Å². The van der Waals surface area contributed by atoms with Crippen molar-refractivity contribution in [1.82, 2.24) is 20.3 Å². The summed E-state index contributed by atoms with van der Waals surface area (Å²) in [4.78, 5) is 24.0. The Hall–Kier alpha value is -2.98. The molecule has 0 aliphatic carbocycles. The van der Waals surface area contributed by atoms with Crippen molar-refractivity contribution in [3.63, 3.8) is 0 Å². The molecule has 0 radical (unpaired) electrons. The molecular formula is C17H15N5O2. The van der Waals surface area contributed by atoms with E-state index in [-0.39, 0.29) is 18.4 Å². The van der Waals surface area contributed by atoms with E-state index in [2.05, 4.69) is 26.3 Å². The molecule has 2 N–H and O–H groups in total. The lowest BCUT2D eigenvalue weighted by atomic mass is 10.1. The van der Waals surface area contributed by atoms with E-state index in [9.17, 15) is 4.79 Å². The van der Waals surface area contributed by atoms with Gasteiger partial charge in [-0.1, -0.05) is 0 Å². The minimum absolute atomic E-state index is 0.0977. The standard InChI is InChI=1S/C17H15N5O2/c18-7-10-1-2-13-12(5-10)17-14(9-19-13)21-15(22-17)6-16(23)20-8-11-3-4-24-11/h1-2,5,9,11H,3-4,6,8H2,(H,20,23)(H,21,22). The number of rotatable bonds is 4. The molecule has 1 amide bonds. The van der Waals surface area contributed by atoms with E-state index in [1.807, 2.05) is 0 Å². The van der Waals surface area contributed by atoms with Crippen LogP contribution in [0.3, 0.4) is 0 Å². The van der Waals surface area contributed by atoms with Crippen LogP contribution in [0.4, 0.5) is 0 Å². The van der Waals surface area contributed by atoms with Crippen molar-refractivity contribution in [2.24, 2.45) is 0 Å².